The summed E-state index contributed by atoms with van der Waals surface area (Å²) < 4.78 is 2.15. The van der Waals surface area contributed by atoms with Crippen LogP contribution in [-0.2, 0) is 13.0 Å². The van der Waals surface area contributed by atoms with E-state index in [0.29, 0.717) is 6.54 Å². The van der Waals surface area contributed by atoms with Crippen LogP contribution in [0.2, 0.25) is 0 Å². The van der Waals surface area contributed by atoms with E-state index >= 15 is 0 Å². The van der Waals surface area contributed by atoms with Crippen LogP contribution in [-0.4, -0.2) is 14.7 Å². The van der Waals surface area contributed by atoms with E-state index in [-0.39, 0.29) is 0 Å². The lowest BCUT2D eigenvalue weighted by Crippen LogP contribution is -2.11. The molecule has 0 aliphatic heterocycles. The molecule has 0 saturated heterocycles. The van der Waals surface area contributed by atoms with Crippen molar-refractivity contribution in [1.29, 1.82) is 0 Å². The van der Waals surface area contributed by atoms with Crippen molar-refractivity contribution >= 4 is 11.0 Å². The minimum absolute atomic E-state index is 0.514. The summed E-state index contributed by atoms with van der Waals surface area (Å²) in [4.78, 5) is 4.70. The van der Waals surface area contributed by atoms with Gasteiger partial charge in [0.25, 0.3) is 0 Å². The van der Waals surface area contributed by atoms with Crippen LogP contribution in [0, 0.1) is 0 Å². The van der Waals surface area contributed by atoms with Crippen LogP contribution in [0.4, 0.5) is 0 Å². The maximum atomic E-state index is 10.5. The first kappa shape index (κ1) is 13.8. The molecule has 0 spiro atoms. The Balaban J connectivity index is 1.97. The van der Waals surface area contributed by atoms with Crippen LogP contribution in [0.3, 0.4) is 0 Å². The zero-order valence-electron chi connectivity index (χ0n) is 12.2. The number of imidazole rings is 1. The maximum Gasteiger partial charge on any atom is 0.109 e. The lowest BCUT2D eigenvalue weighted by atomic mass is 10.1. The first-order valence-electron chi connectivity index (χ1n) is 7.46. The lowest BCUT2D eigenvalue weighted by molar-refractivity contribution is 0.156. The molecule has 108 valence electrons. The molecule has 3 heteroatoms. The third-order valence-corrected chi connectivity index (χ3v) is 3.75. The van der Waals surface area contributed by atoms with Gasteiger partial charge in [0.15, 0.2) is 0 Å². The Morgan fingerprint density at radius 3 is 2.52 bits per heavy atom. The van der Waals surface area contributed by atoms with Gasteiger partial charge in [-0.3, -0.25) is 0 Å². The molecule has 21 heavy (non-hydrogen) atoms. The first-order valence-corrected chi connectivity index (χ1v) is 7.46. The molecular formula is C18H20N2O. The molecule has 0 fully saturated rings. The van der Waals surface area contributed by atoms with E-state index in [1.54, 1.807) is 0 Å². The standard InChI is InChI=1S/C18H20N2O/c1-2-8-18-19-15-11-6-7-12-16(15)20(18)13-17(21)14-9-4-3-5-10-14/h3-7,9-12,17,21H,2,8,13H2,1H3/t17-/m0/s1. The molecular weight excluding hydrogens is 260 g/mol. The van der Waals surface area contributed by atoms with Gasteiger partial charge in [-0.05, 0) is 24.1 Å². The lowest BCUT2D eigenvalue weighted by Gasteiger charge is -2.15. The molecule has 2 aromatic carbocycles. The molecule has 0 aliphatic rings. The second-order valence-electron chi connectivity index (χ2n) is 5.30. The van der Waals surface area contributed by atoms with Crippen molar-refractivity contribution in [3.63, 3.8) is 0 Å². The van der Waals surface area contributed by atoms with Gasteiger partial charge in [0.05, 0.1) is 23.7 Å². The van der Waals surface area contributed by atoms with Gasteiger partial charge in [0.1, 0.15) is 5.82 Å². The minimum Gasteiger partial charge on any atom is -0.387 e. The van der Waals surface area contributed by atoms with Gasteiger partial charge < -0.3 is 9.67 Å². The molecule has 3 aromatic rings. The number of fused-ring (bicyclic) bond motifs is 1. The molecule has 0 saturated carbocycles. The molecule has 1 N–H and O–H groups in total. The van der Waals surface area contributed by atoms with E-state index in [2.05, 4.69) is 17.6 Å². The monoisotopic (exact) mass is 280 g/mol. The predicted molar refractivity (Wildman–Crippen MR) is 85.1 cm³/mol. The number of para-hydroxylation sites is 2. The van der Waals surface area contributed by atoms with Gasteiger partial charge in [-0.1, -0.05) is 49.4 Å². The van der Waals surface area contributed by atoms with E-state index in [1.165, 1.54) is 0 Å². The quantitative estimate of drug-likeness (QED) is 0.773. The number of hydrogen-bond acceptors (Lipinski definition) is 2. The molecule has 0 amide bonds. The molecule has 3 rings (SSSR count). The van der Waals surface area contributed by atoms with E-state index in [9.17, 15) is 5.11 Å². The second-order valence-corrected chi connectivity index (χ2v) is 5.30. The summed E-state index contributed by atoms with van der Waals surface area (Å²) in [6, 6.07) is 17.9. The van der Waals surface area contributed by atoms with Crippen molar-refractivity contribution < 1.29 is 5.11 Å². The van der Waals surface area contributed by atoms with Crippen molar-refractivity contribution in [2.24, 2.45) is 0 Å². The minimum atomic E-state index is -0.514. The predicted octanol–water partition coefficient (Wildman–Crippen LogP) is 3.72. The van der Waals surface area contributed by atoms with Crippen LogP contribution < -0.4 is 0 Å². The van der Waals surface area contributed by atoms with E-state index in [0.717, 1.165) is 35.3 Å². The van der Waals surface area contributed by atoms with Gasteiger partial charge in [-0.2, -0.15) is 0 Å². The van der Waals surface area contributed by atoms with E-state index < -0.39 is 6.10 Å². The summed E-state index contributed by atoms with van der Waals surface area (Å²) in [5.74, 6) is 1.05. The van der Waals surface area contributed by atoms with Crippen molar-refractivity contribution in [3.05, 3.63) is 66.0 Å². The van der Waals surface area contributed by atoms with Crippen molar-refractivity contribution in [3.8, 4) is 0 Å². The van der Waals surface area contributed by atoms with Crippen molar-refractivity contribution in [1.82, 2.24) is 9.55 Å². The largest absolute Gasteiger partial charge is 0.387 e. The normalized spacial score (nSPS) is 12.7. The second kappa shape index (κ2) is 6.10. The van der Waals surface area contributed by atoms with Gasteiger partial charge in [-0.15, -0.1) is 0 Å². The van der Waals surface area contributed by atoms with Crippen LogP contribution in [0.15, 0.2) is 54.6 Å². The molecule has 3 nitrogen and oxygen atoms in total. The van der Waals surface area contributed by atoms with Crippen LogP contribution in [0.5, 0.6) is 0 Å². The number of aliphatic hydroxyl groups is 1. The molecule has 1 atom stereocenters. The van der Waals surface area contributed by atoms with Crippen LogP contribution in [0.25, 0.3) is 11.0 Å². The zero-order valence-corrected chi connectivity index (χ0v) is 12.2. The number of benzene rings is 2. The van der Waals surface area contributed by atoms with Crippen molar-refractivity contribution in [2.75, 3.05) is 0 Å². The first-order chi connectivity index (χ1) is 10.3. The van der Waals surface area contributed by atoms with Gasteiger partial charge >= 0.3 is 0 Å². The fourth-order valence-electron chi connectivity index (χ4n) is 2.70. The van der Waals surface area contributed by atoms with Gasteiger partial charge in [-0.25, -0.2) is 4.98 Å². The Hall–Kier alpha value is -2.13. The van der Waals surface area contributed by atoms with Crippen LogP contribution >= 0.6 is 0 Å². The maximum absolute atomic E-state index is 10.5. The Morgan fingerprint density at radius 2 is 1.76 bits per heavy atom. The molecule has 0 unspecified atom stereocenters. The SMILES string of the molecule is CCCc1nc2ccccc2n1C[C@H](O)c1ccccc1. The third-order valence-electron chi connectivity index (χ3n) is 3.75. The fraction of sp³-hybridized carbons (Fsp3) is 0.278. The highest BCUT2D eigenvalue weighted by Crippen LogP contribution is 2.22. The average Bonchev–Trinajstić information content (AvgIpc) is 2.86. The molecule has 0 bridgehead atoms. The Morgan fingerprint density at radius 1 is 1.05 bits per heavy atom. The highest BCUT2D eigenvalue weighted by Gasteiger charge is 2.14. The van der Waals surface area contributed by atoms with Gasteiger partial charge in [0.2, 0.25) is 0 Å². The molecule has 0 radical (unpaired) electrons. The Labute approximate surface area is 124 Å². The zero-order chi connectivity index (χ0) is 14.7. The molecule has 0 aliphatic carbocycles. The number of hydrogen-bond donors (Lipinski definition) is 1. The van der Waals surface area contributed by atoms with Crippen LogP contribution in [0.1, 0.15) is 30.8 Å². The summed E-state index contributed by atoms with van der Waals surface area (Å²) >= 11 is 0. The number of rotatable bonds is 5. The van der Waals surface area contributed by atoms with E-state index in [1.807, 2.05) is 48.5 Å². The Bertz CT molecular complexity index is 718. The van der Waals surface area contributed by atoms with Crippen molar-refractivity contribution in [2.45, 2.75) is 32.4 Å². The smallest absolute Gasteiger partial charge is 0.109 e. The summed E-state index contributed by atoms with van der Waals surface area (Å²) in [6.07, 6.45) is 1.46. The number of aryl methyl sites for hydroxylation is 1. The topological polar surface area (TPSA) is 38.0 Å². The number of aromatic nitrogens is 2. The highest BCUT2D eigenvalue weighted by molar-refractivity contribution is 5.75. The summed E-state index contributed by atoms with van der Waals surface area (Å²) in [7, 11) is 0. The molecule has 1 heterocycles. The summed E-state index contributed by atoms with van der Waals surface area (Å²) in [5.41, 5.74) is 3.04. The van der Waals surface area contributed by atoms with E-state index in [4.69, 9.17) is 4.98 Å². The average molecular weight is 280 g/mol. The molecule has 1 aromatic heterocycles. The fourth-order valence-corrected chi connectivity index (χ4v) is 2.70. The third kappa shape index (κ3) is 2.83. The summed E-state index contributed by atoms with van der Waals surface area (Å²) in [5, 5.41) is 10.5. The number of aliphatic hydroxyl groups excluding tert-OH is 1. The highest BCUT2D eigenvalue weighted by atomic mass is 16.3. The number of nitrogens with zero attached hydrogens (tertiary/aromatic N) is 2. The Kier molecular flexibility index (Phi) is 4.02. The van der Waals surface area contributed by atoms with Gasteiger partial charge in [0, 0.05) is 6.42 Å². The summed E-state index contributed by atoms with van der Waals surface area (Å²) in [6.45, 7) is 2.69.